The summed E-state index contributed by atoms with van der Waals surface area (Å²) >= 11 is 0. The second-order valence-corrected chi connectivity index (χ2v) is 4.88. The van der Waals surface area contributed by atoms with E-state index in [1.165, 1.54) is 13.2 Å². The maximum Gasteiger partial charge on any atom is 0.328 e. The molecule has 0 spiro atoms. The van der Waals surface area contributed by atoms with Crippen molar-refractivity contribution >= 4 is 11.9 Å². The largest absolute Gasteiger partial charge is 0.467 e. The highest BCUT2D eigenvalue weighted by atomic mass is 19.2. The zero-order chi connectivity index (χ0) is 16.0. The average Bonchev–Trinajstić information content (AvgIpc) is 2.47. The molecule has 0 aliphatic carbocycles. The van der Waals surface area contributed by atoms with Crippen molar-refractivity contribution in [2.24, 2.45) is 5.92 Å². The van der Waals surface area contributed by atoms with Crippen LogP contribution < -0.4 is 5.32 Å². The molecule has 21 heavy (non-hydrogen) atoms. The highest BCUT2D eigenvalue weighted by Gasteiger charge is 2.26. The van der Waals surface area contributed by atoms with Crippen molar-refractivity contribution in [2.45, 2.75) is 32.7 Å². The van der Waals surface area contributed by atoms with Crippen LogP contribution in [0.15, 0.2) is 18.2 Å². The van der Waals surface area contributed by atoms with Gasteiger partial charge in [0.1, 0.15) is 6.04 Å². The van der Waals surface area contributed by atoms with Gasteiger partial charge in [-0.25, -0.2) is 13.6 Å². The van der Waals surface area contributed by atoms with Crippen LogP contribution in [0.2, 0.25) is 0 Å². The normalized spacial score (nSPS) is 13.4. The molecule has 1 N–H and O–H groups in total. The van der Waals surface area contributed by atoms with E-state index in [2.05, 4.69) is 10.1 Å². The predicted octanol–water partition coefficient (Wildman–Crippen LogP) is 2.21. The molecule has 1 aromatic rings. The Hall–Kier alpha value is -1.98. The van der Waals surface area contributed by atoms with Crippen molar-refractivity contribution < 1.29 is 23.1 Å². The number of esters is 1. The van der Waals surface area contributed by atoms with Gasteiger partial charge in [-0.2, -0.15) is 0 Å². The number of ether oxygens (including phenoxy) is 1. The minimum atomic E-state index is -1.01. The van der Waals surface area contributed by atoms with Crippen LogP contribution in [0.25, 0.3) is 0 Å². The second-order valence-electron chi connectivity index (χ2n) is 4.88. The summed E-state index contributed by atoms with van der Waals surface area (Å²) in [6.07, 6.45) is 0.548. The first-order valence-corrected chi connectivity index (χ1v) is 6.70. The van der Waals surface area contributed by atoms with E-state index in [1.54, 1.807) is 0 Å². The molecule has 4 nitrogen and oxygen atoms in total. The fraction of sp³-hybridized carbons (Fsp3) is 0.467. The summed E-state index contributed by atoms with van der Waals surface area (Å²) in [4.78, 5) is 23.6. The zero-order valence-electron chi connectivity index (χ0n) is 12.3. The maximum atomic E-state index is 13.1. The first kappa shape index (κ1) is 17.1. The molecular formula is C15H19F2NO3. The molecule has 0 saturated carbocycles. The van der Waals surface area contributed by atoms with Crippen molar-refractivity contribution in [3.8, 4) is 0 Å². The fourth-order valence-electron chi connectivity index (χ4n) is 1.86. The minimum absolute atomic E-state index is 0.0913. The molecule has 0 aliphatic heterocycles. The number of carbonyl (C=O) groups excluding carboxylic acids is 2. The lowest BCUT2D eigenvalue weighted by molar-refractivity contribution is -0.146. The Balaban J connectivity index is 2.73. The van der Waals surface area contributed by atoms with Gasteiger partial charge in [0.15, 0.2) is 11.6 Å². The van der Waals surface area contributed by atoms with Gasteiger partial charge in [0, 0.05) is 0 Å². The van der Waals surface area contributed by atoms with E-state index in [0.29, 0.717) is 12.0 Å². The Bertz CT molecular complexity index is 520. The monoisotopic (exact) mass is 299 g/mol. The number of amides is 1. The Morgan fingerprint density at radius 1 is 1.29 bits per heavy atom. The summed E-state index contributed by atoms with van der Waals surface area (Å²) in [7, 11) is 1.25. The molecule has 0 saturated heterocycles. The third-order valence-corrected chi connectivity index (χ3v) is 3.33. The third kappa shape index (κ3) is 4.81. The Morgan fingerprint density at radius 3 is 2.48 bits per heavy atom. The van der Waals surface area contributed by atoms with Gasteiger partial charge in [0.05, 0.1) is 13.5 Å². The van der Waals surface area contributed by atoms with Crippen LogP contribution in [0.4, 0.5) is 8.78 Å². The van der Waals surface area contributed by atoms with Gasteiger partial charge >= 0.3 is 5.97 Å². The summed E-state index contributed by atoms with van der Waals surface area (Å²) < 4.78 is 30.5. The van der Waals surface area contributed by atoms with Gasteiger partial charge in [-0.05, 0) is 23.6 Å². The number of carbonyl (C=O) groups is 2. The lowest BCUT2D eigenvalue weighted by Crippen LogP contribution is -2.46. The molecule has 0 unspecified atom stereocenters. The quantitative estimate of drug-likeness (QED) is 0.819. The molecule has 0 heterocycles. The molecule has 0 radical (unpaired) electrons. The van der Waals surface area contributed by atoms with Crippen LogP contribution in [-0.2, 0) is 20.7 Å². The zero-order valence-corrected chi connectivity index (χ0v) is 12.3. The summed E-state index contributed by atoms with van der Waals surface area (Å²) in [5.74, 6) is -3.04. The van der Waals surface area contributed by atoms with Crippen molar-refractivity contribution in [1.29, 1.82) is 0 Å². The van der Waals surface area contributed by atoms with E-state index in [9.17, 15) is 18.4 Å². The highest BCUT2D eigenvalue weighted by Crippen LogP contribution is 2.12. The van der Waals surface area contributed by atoms with Crippen LogP contribution in [0.5, 0.6) is 0 Å². The standard InChI is InChI=1S/C15H19F2NO3/c1-4-9(2)14(15(20)21-3)18-13(19)8-10-5-6-11(16)12(17)7-10/h5-7,9,14H,4,8H2,1-3H3,(H,18,19)/t9-,14-/m1/s1. The molecule has 0 aliphatic rings. The summed E-state index contributed by atoms with van der Waals surface area (Å²) in [5.41, 5.74) is 0.333. The fourth-order valence-corrected chi connectivity index (χ4v) is 1.86. The van der Waals surface area contributed by atoms with Crippen LogP contribution in [0.3, 0.4) is 0 Å². The van der Waals surface area contributed by atoms with E-state index in [1.807, 2.05) is 13.8 Å². The molecule has 0 bridgehead atoms. The van der Waals surface area contributed by atoms with E-state index in [-0.39, 0.29) is 12.3 Å². The highest BCUT2D eigenvalue weighted by molar-refractivity contribution is 5.85. The van der Waals surface area contributed by atoms with E-state index < -0.39 is 29.6 Å². The van der Waals surface area contributed by atoms with Gasteiger partial charge in [-0.1, -0.05) is 26.3 Å². The number of hydrogen-bond acceptors (Lipinski definition) is 3. The van der Waals surface area contributed by atoms with E-state index in [0.717, 1.165) is 12.1 Å². The second kappa shape index (κ2) is 7.71. The maximum absolute atomic E-state index is 13.1. The molecule has 0 aromatic heterocycles. The number of hydrogen-bond donors (Lipinski definition) is 1. The topological polar surface area (TPSA) is 55.4 Å². The molecule has 116 valence electrons. The lowest BCUT2D eigenvalue weighted by Gasteiger charge is -2.21. The van der Waals surface area contributed by atoms with Crippen LogP contribution >= 0.6 is 0 Å². The summed E-state index contributed by atoms with van der Waals surface area (Å²) in [6, 6.07) is 2.50. The van der Waals surface area contributed by atoms with E-state index in [4.69, 9.17) is 0 Å². The Morgan fingerprint density at radius 2 is 1.95 bits per heavy atom. The number of rotatable bonds is 6. The van der Waals surface area contributed by atoms with Gasteiger partial charge in [0.2, 0.25) is 5.91 Å². The van der Waals surface area contributed by atoms with Gasteiger partial charge in [-0.15, -0.1) is 0 Å². The van der Waals surface area contributed by atoms with Crippen molar-refractivity contribution in [3.63, 3.8) is 0 Å². The third-order valence-electron chi connectivity index (χ3n) is 3.33. The van der Waals surface area contributed by atoms with Crippen molar-refractivity contribution in [1.82, 2.24) is 5.32 Å². The predicted molar refractivity (Wildman–Crippen MR) is 73.5 cm³/mol. The first-order valence-electron chi connectivity index (χ1n) is 6.70. The summed E-state index contributed by atoms with van der Waals surface area (Å²) in [5, 5.41) is 2.57. The SMILES string of the molecule is CC[C@@H](C)[C@@H](NC(=O)Cc1ccc(F)c(F)c1)C(=O)OC. The van der Waals surface area contributed by atoms with Gasteiger partial charge in [-0.3, -0.25) is 4.79 Å². The van der Waals surface area contributed by atoms with E-state index >= 15 is 0 Å². The lowest BCUT2D eigenvalue weighted by atomic mass is 9.99. The van der Waals surface area contributed by atoms with Crippen molar-refractivity contribution in [3.05, 3.63) is 35.4 Å². The molecule has 1 amide bonds. The number of benzene rings is 1. The number of methoxy groups -OCH3 is 1. The van der Waals surface area contributed by atoms with Gasteiger partial charge < -0.3 is 10.1 Å². The molecule has 0 fully saturated rings. The van der Waals surface area contributed by atoms with Crippen LogP contribution in [0.1, 0.15) is 25.8 Å². The Labute approximate surface area is 122 Å². The summed E-state index contributed by atoms with van der Waals surface area (Å²) in [6.45, 7) is 3.71. The van der Waals surface area contributed by atoms with Crippen LogP contribution in [-0.4, -0.2) is 25.0 Å². The molecule has 1 aromatic carbocycles. The first-order chi connectivity index (χ1) is 9.88. The number of nitrogens with one attached hydrogen (secondary N) is 1. The molecule has 1 rings (SSSR count). The average molecular weight is 299 g/mol. The van der Waals surface area contributed by atoms with Gasteiger partial charge in [0.25, 0.3) is 0 Å². The minimum Gasteiger partial charge on any atom is -0.467 e. The Kier molecular flexibility index (Phi) is 6.27. The van der Waals surface area contributed by atoms with Crippen molar-refractivity contribution in [2.75, 3.05) is 7.11 Å². The smallest absolute Gasteiger partial charge is 0.328 e. The van der Waals surface area contributed by atoms with Crippen LogP contribution in [0, 0.1) is 17.6 Å². The number of halogens is 2. The molecule has 2 atom stereocenters. The molecular weight excluding hydrogens is 280 g/mol. The molecule has 6 heteroatoms.